The molecule has 21 heavy (non-hydrogen) atoms. The molecule has 0 atom stereocenters. The Morgan fingerprint density at radius 1 is 1.24 bits per heavy atom. The molecule has 1 rings (SSSR count). The van der Waals surface area contributed by atoms with Gasteiger partial charge >= 0.3 is 0 Å². The fourth-order valence-electron chi connectivity index (χ4n) is 2.09. The molecular weight excluding hydrogens is 272 g/mol. The van der Waals surface area contributed by atoms with Crippen molar-refractivity contribution in [1.29, 1.82) is 0 Å². The SMILES string of the molecule is CCc1n[nH]c(=O)c(C(=O)NCCNCCOC)c1CC. The van der Waals surface area contributed by atoms with Crippen LogP contribution in [0.2, 0.25) is 0 Å². The molecule has 7 nitrogen and oxygen atoms in total. The van der Waals surface area contributed by atoms with Gasteiger partial charge in [-0.1, -0.05) is 13.8 Å². The van der Waals surface area contributed by atoms with E-state index in [1.54, 1.807) is 7.11 Å². The Kier molecular flexibility index (Phi) is 7.63. The topological polar surface area (TPSA) is 96.1 Å². The number of hydrogen-bond acceptors (Lipinski definition) is 5. The summed E-state index contributed by atoms with van der Waals surface area (Å²) in [4.78, 5) is 24.1. The first-order valence-electron chi connectivity index (χ1n) is 7.23. The van der Waals surface area contributed by atoms with Crippen molar-refractivity contribution < 1.29 is 9.53 Å². The quantitative estimate of drug-likeness (QED) is 0.551. The first-order chi connectivity index (χ1) is 10.2. The Morgan fingerprint density at radius 2 is 2.00 bits per heavy atom. The number of ether oxygens (including phenoxy) is 1. The number of aromatic nitrogens is 2. The first kappa shape index (κ1) is 17.3. The van der Waals surface area contributed by atoms with E-state index < -0.39 is 5.56 Å². The van der Waals surface area contributed by atoms with Gasteiger partial charge in [-0.05, 0) is 18.4 Å². The van der Waals surface area contributed by atoms with Crippen LogP contribution in [-0.2, 0) is 17.6 Å². The highest BCUT2D eigenvalue weighted by Crippen LogP contribution is 2.09. The molecule has 1 aromatic heterocycles. The smallest absolute Gasteiger partial charge is 0.277 e. The van der Waals surface area contributed by atoms with E-state index in [0.717, 1.165) is 17.8 Å². The molecule has 0 aliphatic carbocycles. The number of aromatic amines is 1. The molecule has 0 unspecified atom stereocenters. The first-order valence-corrected chi connectivity index (χ1v) is 7.23. The third-order valence-corrected chi connectivity index (χ3v) is 3.16. The largest absolute Gasteiger partial charge is 0.383 e. The van der Waals surface area contributed by atoms with Crippen LogP contribution in [0.15, 0.2) is 4.79 Å². The van der Waals surface area contributed by atoms with Gasteiger partial charge in [0.1, 0.15) is 5.56 Å². The number of nitrogens with zero attached hydrogens (tertiary/aromatic N) is 1. The standard InChI is InChI=1S/C14H24N4O3/c1-4-10-11(5-2)17-18-14(20)12(10)13(19)16-7-6-15-8-9-21-3/h15H,4-9H2,1-3H3,(H,16,19)(H,18,20). The molecule has 7 heteroatoms. The van der Waals surface area contributed by atoms with Gasteiger partial charge < -0.3 is 15.4 Å². The van der Waals surface area contributed by atoms with Crippen molar-refractivity contribution in [3.8, 4) is 0 Å². The van der Waals surface area contributed by atoms with Crippen LogP contribution in [-0.4, -0.2) is 49.5 Å². The Balaban J connectivity index is 2.67. The predicted octanol–water partition coefficient (Wildman–Crippen LogP) is -0.139. The molecule has 1 amide bonds. The minimum atomic E-state index is -0.436. The summed E-state index contributed by atoms with van der Waals surface area (Å²) in [5.41, 5.74) is 1.24. The van der Waals surface area contributed by atoms with Gasteiger partial charge in [0, 0.05) is 26.7 Å². The van der Waals surface area contributed by atoms with Crippen molar-refractivity contribution in [1.82, 2.24) is 20.8 Å². The second-order valence-electron chi connectivity index (χ2n) is 4.56. The van der Waals surface area contributed by atoms with Crippen LogP contribution >= 0.6 is 0 Å². The van der Waals surface area contributed by atoms with E-state index in [0.29, 0.717) is 32.5 Å². The fourth-order valence-corrected chi connectivity index (χ4v) is 2.09. The molecule has 1 heterocycles. The van der Waals surface area contributed by atoms with Crippen LogP contribution in [0.3, 0.4) is 0 Å². The average molecular weight is 296 g/mol. The van der Waals surface area contributed by atoms with Gasteiger partial charge in [-0.15, -0.1) is 0 Å². The van der Waals surface area contributed by atoms with Crippen molar-refractivity contribution in [3.05, 3.63) is 27.2 Å². The molecule has 118 valence electrons. The number of carbonyl (C=O) groups excluding carboxylic acids is 1. The van der Waals surface area contributed by atoms with E-state index in [2.05, 4.69) is 20.8 Å². The lowest BCUT2D eigenvalue weighted by atomic mass is 10.0. The van der Waals surface area contributed by atoms with Crippen molar-refractivity contribution in [3.63, 3.8) is 0 Å². The lowest BCUT2D eigenvalue weighted by Crippen LogP contribution is -2.37. The highest BCUT2D eigenvalue weighted by molar-refractivity contribution is 5.95. The lowest BCUT2D eigenvalue weighted by Gasteiger charge is -2.11. The van der Waals surface area contributed by atoms with Crippen LogP contribution < -0.4 is 16.2 Å². The van der Waals surface area contributed by atoms with Gasteiger partial charge in [0.15, 0.2) is 0 Å². The number of methoxy groups -OCH3 is 1. The molecule has 0 fully saturated rings. The fraction of sp³-hybridized carbons (Fsp3) is 0.643. The molecule has 0 aromatic carbocycles. The van der Waals surface area contributed by atoms with Crippen molar-refractivity contribution in [2.45, 2.75) is 26.7 Å². The maximum atomic E-state index is 12.2. The van der Waals surface area contributed by atoms with Crippen LogP contribution in [0.1, 0.15) is 35.5 Å². The third kappa shape index (κ3) is 4.95. The molecule has 0 aliphatic heterocycles. The number of hydrogen-bond donors (Lipinski definition) is 3. The zero-order chi connectivity index (χ0) is 15.7. The van der Waals surface area contributed by atoms with Gasteiger partial charge in [-0.3, -0.25) is 9.59 Å². The molecule has 0 spiro atoms. The number of aryl methyl sites for hydroxylation is 1. The van der Waals surface area contributed by atoms with Crippen LogP contribution in [0.25, 0.3) is 0 Å². The zero-order valence-corrected chi connectivity index (χ0v) is 12.9. The Labute approximate surface area is 124 Å². The average Bonchev–Trinajstić information content (AvgIpc) is 2.49. The summed E-state index contributed by atoms with van der Waals surface area (Å²) in [6.07, 6.45) is 1.29. The Hall–Kier alpha value is -1.73. The molecule has 0 radical (unpaired) electrons. The summed E-state index contributed by atoms with van der Waals surface area (Å²) in [6.45, 7) is 6.29. The van der Waals surface area contributed by atoms with Crippen molar-refractivity contribution >= 4 is 5.91 Å². The number of carbonyl (C=O) groups is 1. The third-order valence-electron chi connectivity index (χ3n) is 3.16. The second kappa shape index (κ2) is 9.25. The summed E-state index contributed by atoms with van der Waals surface area (Å²) in [5, 5.41) is 12.3. The molecule has 1 aromatic rings. The van der Waals surface area contributed by atoms with Gasteiger partial charge in [-0.2, -0.15) is 5.10 Å². The van der Waals surface area contributed by atoms with Crippen molar-refractivity contribution in [2.24, 2.45) is 0 Å². The van der Waals surface area contributed by atoms with Crippen molar-refractivity contribution in [2.75, 3.05) is 33.4 Å². The number of rotatable bonds is 9. The van der Waals surface area contributed by atoms with Crippen LogP contribution in [0.4, 0.5) is 0 Å². The molecule has 3 N–H and O–H groups in total. The van der Waals surface area contributed by atoms with Crippen LogP contribution in [0, 0.1) is 0 Å². The van der Waals surface area contributed by atoms with Gasteiger partial charge in [0.2, 0.25) is 0 Å². The highest BCUT2D eigenvalue weighted by atomic mass is 16.5. The van der Waals surface area contributed by atoms with E-state index in [4.69, 9.17) is 4.74 Å². The minimum absolute atomic E-state index is 0.182. The summed E-state index contributed by atoms with van der Waals surface area (Å²) >= 11 is 0. The Morgan fingerprint density at radius 3 is 2.62 bits per heavy atom. The van der Waals surface area contributed by atoms with Gasteiger partial charge in [0.05, 0.1) is 12.3 Å². The summed E-state index contributed by atoms with van der Waals surface area (Å²) in [6, 6.07) is 0. The molecular formula is C14H24N4O3. The number of H-pyrrole nitrogens is 1. The highest BCUT2D eigenvalue weighted by Gasteiger charge is 2.18. The molecule has 0 saturated carbocycles. The minimum Gasteiger partial charge on any atom is -0.383 e. The maximum absolute atomic E-state index is 12.2. The van der Waals surface area contributed by atoms with Crippen LogP contribution in [0.5, 0.6) is 0 Å². The van der Waals surface area contributed by atoms with E-state index in [-0.39, 0.29) is 11.5 Å². The molecule has 0 aliphatic rings. The van der Waals surface area contributed by atoms with E-state index in [1.165, 1.54) is 0 Å². The maximum Gasteiger partial charge on any atom is 0.277 e. The van der Waals surface area contributed by atoms with Gasteiger partial charge in [-0.25, -0.2) is 5.10 Å². The summed E-state index contributed by atoms with van der Waals surface area (Å²) < 4.78 is 4.91. The zero-order valence-electron chi connectivity index (χ0n) is 12.9. The van der Waals surface area contributed by atoms with E-state index >= 15 is 0 Å². The molecule has 0 saturated heterocycles. The summed E-state index contributed by atoms with van der Waals surface area (Å²) in [7, 11) is 1.64. The monoisotopic (exact) mass is 296 g/mol. The number of nitrogens with one attached hydrogen (secondary N) is 3. The number of amides is 1. The predicted molar refractivity (Wildman–Crippen MR) is 80.7 cm³/mol. The summed E-state index contributed by atoms with van der Waals surface area (Å²) in [5.74, 6) is -0.348. The van der Waals surface area contributed by atoms with Gasteiger partial charge in [0.25, 0.3) is 11.5 Å². The lowest BCUT2D eigenvalue weighted by molar-refractivity contribution is 0.0950. The van der Waals surface area contributed by atoms with E-state index in [9.17, 15) is 9.59 Å². The second-order valence-corrected chi connectivity index (χ2v) is 4.56. The Bertz CT molecular complexity index is 513. The molecule has 0 bridgehead atoms. The van der Waals surface area contributed by atoms with E-state index in [1.807, 2.05) is 13.8 Å². The normalized spacial score (nSPS) is 10.6.